The van der Waals surface area contributed by atoms with Gasteiger partial charge in [0.1, 0.15) is 4.70 Å². The average Bonchev–Trinajstić information content (AvgIpc) is 2.72. The van der Waals surface area contributed by atoms with Gasteiger partial charge < -0.3 is 4.98 Å². The molecule has 0 aliphatic rings. The van der Waals surface area contributed by atoms with Crippen molar-refractivity contribution in [3.05, 3.63) is 56.5 Å². The van der Waals surface area contributed by atoms with Gasteiger partial charge in [-0.3, -0.25) is 4.79 Å². The lowest BCUT2D eigenvalue weighted by atomic mass is 9.96. The quantitative estimate of drug-likeness (QED) is 0.687. The van der Waals surface area contributed by atoms with E-state index in [0.717, 1.165) is 15.6 Å². The number of fused-ring (bicyclic) bond motifs is 1. The van der Waals surface area contributed by atoms with Gasteiger partial charge in [-0.05, 0) is 62.4 Å². The fourth-order valence-corrected chi connectivity index (χ4v) is 4.69. The first-order valence-corrected chi connectivity index (χ1v) is 7.91. The monoisotopic (exact) mass is 297 g/mol. The fraction of sp³-hybridized carbons (Fsp3) is 0.278. The highest BCUT2D eigenvalue weighted by Crippen LogP contribution is 2.40. The first kappa shape index (κ1) is 14.1. The van der Waals surface area contributed by atoms with Crippen LogP contribution in [0.3, 0.4) is 0 Å². The summed E-state index contributed by atoms with van der Waals surface area (Å²) in [7, 11) is 0. The van der Waals surface area contributed by atoms with Gasteiger partial charge in [0.25, 0.3) is 5.56 Å². The number of thiophene rings is 1. The van der Waals surface area contributed by atoms with Gasteiger partial charge >= 0.3 is 0 Å². The molecule has 1 aromatic carbocycles. The van der Waals surface area contributed by atoms with Crippen molar-refractivity contribution in [2.45, 2.75) is 34.6 Å². The second-order valence-corrected chi connectivity index (χ2v) is 6.86. The molecule has 0 fully saturated rings. The maximum atomic E-state index is 12.1. The molecule has 108 valence electrons. The number of aromatic nitrogens is 1. The topological polar surface area (TPSA) is 32.9 Å². The second kappa shape index (κ2) is 4.85. The Bertz CT molecular complexity index is 892. The third-order valence-electron chi connectivity index (χ3n) is 4.07. The molecule has 0 saturated heterocycles. The van der Waals surface area contributed by atoms with Crippen LogP contribution >= 0.6 is 11.3 Å². The van der Waals surface area contributed by atoms with Gasteiger partial charge in [-0.2, -0.15) is 0 Å². The van der Waals surface area contributed by atoms with Crippen LogP contribution in [-0.4, -0.2) is 4.98 Å². The minimum atomic E-state index is 0.0115. The van der Waals surface area contributed by atoms with Gasteiger partial charge in [0, 0.05) is 16.5 Å². The Morgan fingerprint density at radius 2 is 1.57 bits per heavy atom. The fourth-order valence-electron chi connectivity index (χ4n) is 3.24. The highest BCUT2D eigenvalue weighted by Gasteiger charge is 2.17. The van der Waals surface area contributed by atoms with Gasteiger partial charge in [0.05, 0.1) is 0 Å². The predicted octanol–water partition coefficient (Wildman–Crippen LogP) is 4.80. The SMILES string of the molecule is Cc1cc(C)c(-c2sc3c(=O)[nH]cc(C)c3c2C)c(C)c1. The van der Waals surface area contributed by atoms with Crippen molar-refractivity contribution in [1.29, 1.82) is 0 Å². The summed E-state index contributed by atoms with van der Waals surface area (Å²) >= 11 is 1.61. The number of hydrogen-bond acceptors (Lipinski definition) is 2. The summed E-state index contributed by atoms with van der Waals surface area (Å²) in [6, 6.07) is 4.42. The van der Waals surface area contributed by atoms with Gasteiger partial charge in [0.2, 0.25) is 0 Å². The van der Waals surface area contributed by atoms with Gasteiger partial charge in [-0.15, -0.1) is 11.3 Å². The zero-order valence-corrected chi connectivity index (χ0v) is 13.9. The molecule has 2 nitrogen and oxygen atoms in total. The van der Waals surface area contributed by atoms with E-state index in [1.54, 1.807) is 11.3 Å². The molecule has 3 aromatic rings. The summed E-state index contributed by atoms with van der Waals surface area (Å²) in [5.74, 6) is 0. The van der Waals surface area contributed by atoms with E-state index in [-0.39, 0.29) is 5.56 Å². The molecule has 2 aromatic heterocycles. The first-order valence-electron chi connectivity index (χ1n) is 7.09. The van der Waals surface area contributed by atoms with Crippen LogP contribution in [0.15, 0.2) is 23.1 Å². The normalized spacial score (nSPS) is 11.3. The van der Waals surface area contributed by atoms with Crippen LogP contribution in [0, 0.1) is 34.6 Å². The minimum absolute atomic E-state index is 0.0115. The standard InChI is InChI=1S/C18H19NOS/c1-9-6-10(2)14(11(3)7-9)16-13(5)15-12(4)8-19-18(20)17(15)21-16/h6-8H,1-5H3,(H,19,20). The number of nitrogens with one attached hydrogen (secondary N) is 1. The molecule has 0 atom stereocenters. The van der Waals surface area contributed by atoms with Crippen LogP contribution in [0.25, 0.3) is 20.5 Å². The smallest absolute Gasteiger partial charge is 0.265 e. The summed E-state index contributed by atoms with van der Waals surface area (Å²) in [6.45, 7) is 10.6. The summed E-state index contributed by atoms with van der Waals surface area (Å²) in [5, 5.41) is 1.11. The molecule has 1 N–H and O–H groups in total. The highest BCUT2D eigenvalue weighted by molar-refractivity contribution is 7.22. The molecular weight excluding hydrogens is 278 g/mol. The summed E-state index contributed by atoms with van der Waals surface area (Å²) in [5.41, 5.74) is 7.46. The van der Waals surface area contributed by atoms with Crippen molar-refractivity contribution < 1.29 is 0 Å². The van der Waals surface area contributed by atoms with Crippen molar-refractivity contribution >= 4 is 21.4 Å². The van der Waals surface area contributed by atoms with E-state index in [9.17, 15) is 4.79 Å². The van der Waals surface area contributed by atoms with Gasteiger partial charge in [-0.25, -0.2) is 0 Å². The first-order chi connectivity index (χ1) is 9.90. The molecule has 3 heteroatoms. The number of H-pyrrole nitrogens is 1. The lowest BCUT2D eigenvalue weighted by molar-refractivity contribution is 1.25. The van der Waals surface area contributed by atoms with Crippen LogP contribution < -0.4 is 5.56 Å². The Morgan fingerprint density at radius 1 is 0.952 bits per heavy atom. The van der Waals surface area contributed by atoms with E-state index < -0.39 is 0 Å². The molecule has 2 heterocycles. The number of aryl methyl sites for hydroxylation is 5. The summed E-state index contributed by atoms with van der Waals surface area (Å²) < 4.78 is 0.835. The molecule has 0 bridgehead atoms. The lowest BCUT2D eigenvalue weighted by Gasteiger charge is -2.11. The number of hydrogen-bond donors (Lipinski definition) is 1. The maximum absolute atomic E-state index is 12.1. The molecule has 0 aliphatic heterocycles. The predicted molar refractivity (Wildman–Crippen MR) is 91.6 cm³/mol. The van der Waals surface area contributed by atoms with Crippen molar-refractivity contribution in [1.82, 2.24) is 4.98 Å². The van der Waals surface area contributed by atoms with E-state index in [2.05, 4.69) is 51.7 Å². The van der Waals surface area contributed by atoms with E-state index >= 15 is 0 Å². The molecule has 0 spiro atoms. The van der Waals surface area contributed by atoms with Crippen molar-refractivity contribution in [2.75, 3.05) is 0 Å². The second-order valence-electron chi connectivity index (χ2n) is 5.83. The van der Waals surface area contributed by atoms with Crippen molar-refractivity contribution in [3.8, 4) is 10.4 Å². The number of pyridine rings is 1. The molecule has 0 aliphatic carbocycles. The van der Waals surface area contributed by atoms with Crippen molar-refractivity contribution in [3.63, 3.8) is 0 Å². The van der Waals surface area contributed by atoms with Crippen LogP contribution in [0.5, 0.6) is 0 Å². The van der Waals surface area contributed by atoms with Crippen molar-refractivity contribution in [2.24, 2.45) is 0 Å². The molecule has 0 unspecified atom stereocenters. The minimum Gasteiger partial charge on any atom is -0.328 e. The van der Waals surface area contributed by atoms with Crippen LogP contribution in [-0.2, 0) is 0 Å². The molecule has 0 radical (unpaired) electrons. The Kier molecular flexibility index (Phi) is 3.25. The van der Waals surface area contributed by atoms with E-state index in [1.807, 2.05) is 6.20 Å². The molecule has 0 saturated carbocycles. The third kappa shape index (κ3) is 2.12. The number of rotatable bonds is 1. The van der Waals surface area contributed by atoms with E-state index in [4.69, 9.17) is 0 Å². The van der Waals surface area contributed by atoms with Crippen LogP contribution in [0.4, 0.5) is 0 Å². The maximum Gasteiger partial charge on any atom is 0.265 e. The highest BCUT2D eigenvalue weighted by atomic mass is 32.1. The Morgan fingerprint density at radius 3 is 2.14 bits per heavy atom. The molecule has 21 heavy (non-hydrogen) atoms. The Balaban J connectivity index is 2.43. The van der Waals surface area contributed by atoms with E-state index in [0.29, 0.717) is 0 Å². The molecular formula is C18H19NOS. The Hall–Kier alpha value is -1.87. The lowest BCUT2D eigenvalue weighted by Crippen LogP contribution is -2.03. The van der Waals surface area contributed by atoms with Crippen LogP contribution in [0.1, 0.15) is 27.8 Å². The Labute approximate surface area is 128 Å². The molecule has 0 amide bonds. The van der Waals surface area contributed by atoms with Gasteiger partial charge in [0.15, 0.2) is 0 Å². The van der Waals surface area contributed by atoms with Crippen LogP contribution in [0.2, 0.25) is 0 Å². The van der Waals surface area contributed by atoms with E-state index in [1.165, 1.54) is 32.7 Å². The number of aromatic amines is 1. The third-order valence-corrected chi connectivity index (χ3v) is 5.38. The summed E-state index contributed by atoms with van der Waals surface area (Å²) in [4.78, 5) is 16.2. The summed E-state index contributed by atoms with van der Waals surface area (Å²) in [6.07, 6.45) is 1.81. The zero-order chi connectivity index (χ0) is 15.3. The average molecular weight is 297 g/mol. The largest absolute Gasteiger partial charge is 0.328 e. The molecule has 3 rings (SSSR count). The zero-order valence-electron chi connectivity index (χ0n) is 13.0. The number of benzene rings is 1. The van der Waals surface area contributed by atoms with Gasteiger partial charge in [-0.1, -0.05) is 17.7 Å².